The average Bonchev–Trinajstić information content (AvgIpc) is 2.50. The number of thioether (sulfide) groups is 1. The van der Waals surface area contributed by atoms with Gasteiger partial charge in [-0.2, -0.15) is 4.73 Å². The number of nitrogens with zero attached hydrogens (tertiary/aromatic N) is 2. The van der Waals surface area contributed by atoms with Crippen LogP contribution in [-0.2, 0) is 6.54 Å². The van der Waals surface area contributed by atoms with Crippen molar-refractivity contribution in [2.75, 3.05) is 11.5 Å². The Kier molecular flexibility index (Phi) is 5.45. The molecular weight excluding hydrogens is 332 g/mol. The summed E-state index contributed by atoms with van der Waals surface area (Å²) in [6.07, 6.45) is 1.32. The van der Waals surface area contributed by atoms with E-state index in [2.05, 4.69) is 4.98 Å². The standard InChI is InChI=1S/C15H18N4O4S/c1-9(2)7-18-13(16)12(14(21)17-15(18)22)10(20)8-24-11-5-3-4-6-19(11)23/h3-6,9H,7-8,16H2,1-2H3,(H,17,21,22). The fraction of sp³-hybridized carbons (Fsp3) is 0.333. The van der Waals surface area contributed by atoms with Gasteiger partial charge in [0.25, 0.3) is 10.6 Å². The Morgan fingerprint density at radius 3 is 2.75 bits per heavy atom. The van der Waals surface area contributed by atoms with Crippen LogP contribution >= 0.6 is 11.8 Å². The van der Waals surface area contributed by atoms with Gasteiger partial charge in [-0.3, -0.25) is 19.1 Å². The molecule has 0 aromatic carbocycles. The molecule has 0 spiro atoms. The topological polar surface area (TPSA) is 125 Å². The van der Waals surface area contributed by atoms with E-state index in [0.29, 0.717) is 9.76 Å². The number of ketones is 1. The third kappa shape index (κ3) is 3.85. The number of anilines is 1. The molecule has 24 heavy (non-hydrogen) atoms. The van der Waals surface area contributed by atoms with Crippen molar-refractivity contribution < 1.29 is 9.52 Å². The Morgan fingerprint density at radius 2 is 2.12 bits per heavy atom. The molecule has 2 aromatic rings. The van der Waals surface area contributed by atoms with Crippen molar-refractivity contribution in [3.63, 3.8) is 0 Å². The molecular formula is C15H18N4O4S. The number of aromatic nitrogens is 3. The summed E-state index contributed by atoms with van der Waals surface area (Å²) < 4.78 is 1.81. The van der Waals surface area contributed by atoms with E-state index in [-0.39, 0.29) is 29.6 Å². The number of nitrogen functional groups attached to an aromatic ring is 1. The number of Topliss-reactive ketones (excluding diaryl/α,β-unsaturated/α-hetero) is 1. The van der Waals surface area contributed by atoms with E-state index in [1.807, 2.05) is 13.8 Å². The van der Waals surface area contributed by atoms with Crippen LogP contribution in [0.1, 0.15) is 24.2 Å². The Hall–Kier alpha value is -2.55. The fourth-order valence-corrected chi connectivity index (χ4v) is 2.93. The Morgan fingerprint density at radius 1 is 1.42 bits per heavy atom. The SMILES string of the molecule is CC(C)Cn1c(N)c(C(=O)CSc2cccc[n+]2[O-])c(=O)[nH]c1=O. The highest BCUT2D eigenvalue weighted by Crippen LogP contribution is 2.16. The fourth-order valence-electron chi connectivity index (χ4n) is 2.14. The molecule has 2 heterocycles. The number of nitrogens with one attached hydrogen (secondary N) is 1. The molecule has 0 saturated heterocycles. The van der Waals surface area contributed by atoms with Crippen molar-refractivity contribution >= 4 is 23.4 Å². The lowest BCUT2D eigenvalue weighted by Crippen LogP contribution is -2.37. The van der Waals surface area contributed by atoms with Gasteiger partial charge in [0, 0.05) is 18.7 Å². The smallest absolute Gasteiger partial charge is 0.329 e. The molecule has 0 aliphatic carbocycles. The number of rotatable bonds is 6. The molecule has 3 N–H and O–H groups in total. The van der Waals surface area contributed by atoms with Crippen molar-refractivity contribution in [1.29, 1.82) is 0 Å². The Labute approximate surface area is 141 Å². The Bertz CT molecular complexity index is 873. The van der Waals surface area contributed by atoms with E-state index in [4.69, 9.17) is 5.73 Å². The van der Waals surface area contributed by atoms with Gasteiger partial charge in [0.15, 0.2) is 12.0 Å². The molecule has 128 valence electrons. The maximum absolute atomic E-state index is 12.4. The van der Waals surface area contributed by atoms with Gasteiger partial charge in [-0.15, -0.1) is 0 Å². The van der Waals surface area contributed by atoms with Gasteiger partial charge in [0.2, 0.25) is 0 Å². The van der Waals surface area contributed by atoms with E-state index >= 15 is 0 Å². The number of carbonyl (C=O) groups excluding carboxylic acids is 1. The van der Waals surface area contributed by atoms with Gasteiger partial charge in [-0.1, -0.05) is 13.8 Å². The molecule has 0 atom stereocenters. The van der Waals surface area contributed by atoms with E-state index in [1.165, 1.54) is 10.8 Å². The maximum Gasteiger partial charge on any atom is 0.329 e. The highest BCUT2D eigenvalue weighted by atomic mass is 32.2. The van der Waals surface area contributed by atoms with Crippen molar-refractivity contribution in [2.24, 2.45) is 5.92 Å². The van der Waals surface area contributed by atoms with Crippen LogP contribution in [0.25, 0.3) is 0 Å². The minimum absolute atomic E-state index is 0.108. The number of carbonyl (C=O) groups is 1. The van der Waals surface area contributed by atoms with E-state index in [0.717, 1.165) is 11.8 Å². The normalized spacial score (nSPS) is 11.0. The van der Waals surface area contributed by atoms with Crippen LogP contribution in [0.5, 0.6) is 0 Å². The third-order valence-electron chi connectivity index (χ3n) is 3.21. The van der Waals surface area contributed by atoms with E-state index in [9.17, 15) is 19.6 Å². The molecule has 0 unspecified atom stereocenters. The summed E-state index contributed by atoms with van der Waals surface area (Å²) in [5, 5.41) is 11.9. The first-order chi connectivity index (χ1) is 11.3. The minimum atomic E-state index is -0.814. The van der Waals surface area contributed by atoms with Gasteiger partial charge in [0.1, 0.15) is 11.4 Å². The number of hydrogen-bond donors (Lipinski definition) is 2. The minimum Gasteiger partial charge on any atom is -0.618 e. The number of aromatic amines is 1. The first kappa shape index (κ1) is 17.8. The lowest BCUT2D eigenvalue weighted by Gasteiger charge is -2.13. The maximum atomic E-state index is 12.4. The highest BCUT2D eigenvalue weighted by molar-refractivity contribution is 7.99. The van der Waals surface area contributed by atoms with Crippen LogP contribution in [-0.4, -0.2) is 21.1 Å². The summed E-state index contributed by atoms with van der Waals surface area (Å²) in [6, 6.07) is 4.81. The van der Waals surface area contributed by atoms with Gasteiger partial charge in [-0.25, -0.2) is 4.79 Å². The lowest BCUT2D eigenvalue weighted by atomic mass is 10.2. The van der Waals surface area contributed by atoms with Crippen LogP contribution in [0, 0.1) is 11.1 Å². The van der Waals surface area contributed by atoms with Crippen LogP contribution in [0.2, 0.25) is 0 Å². The van der Waals surface area contributed by atoms with Gasteiger partial charge >= 0.3 is 5.69 Å². The number of pyridine rings is 1. The molecule has 0 bridgehead atoms. The van der Waals surface area contributed by atoms with Crippen LogP contribution in [0.4, 0.5) is 5.82 Å². The molecule has 0 saturated carbocycles. The monoisotopic (exact) mass is 350 g/mol. The summed E-state index contributed by atoms with van der Waals surface area (Å²) in [7, 11) is 0. The van der Waals surface area contributed by atoms with Gasteiger partial charge in [0.05, 0.1) is 5.75 Å². The number of H-pyrrole nitrogens is 1. The average molecular weight is 350 g/mol. The zero-order valence-corrected chi connectivity index (χ0v) is 14.1. The summed E-state index contributed by atoms with van der Waals surface area (Å²) in [6.45, 7) is 4.06. The predicted octanol–water partition coefficient (Wildman–Crippen LogP) is 0.383. The van der Waals surface area contributed by atoms with Crippen LogP contribution in [0.3, 0.4) is 0 Å². The molecule has 2 rings (SSSR count). The van der Waals surface area contributed by atoms with E-state index < -0.39 is 17.0 Å². The second-order valence-electron chi connectivity index (χ2n) is 5.60. The first-order valence-electron chi connectivity index (χ1n) is 7.28. The molecule has 0 radical (unpaired) electrons. The van der Waals surface area contributed by atoms with Crippen molar-refractivity contribution in [1.82, 2.24) is 9.55 Å². The summed E-state index contributed by atoms with van der Waals surface area (Å²) in [5.74, 6) is -0.720. The molecule has 9 heteroatoms. The molecule has 2 aromatic heterocycles. The third-order valence-corrected chi connectivity index (χ3v) is 4.22. The summed E-state index contributed by atoms with van der Waals surface area (Å²) in [5.41, 5.74) is 4.17. The zero-order chi connectivity index (χ0) is 17.9. The molecule has 0 aliphatic rings. The summed E-state index contributed by atoms with van der Waals surface area (Å²) >= 11 is 0.997. The predicted molar refractivity (Wildman–Crippen MR) is 91.0 cm³/mol. The van der Waals surface area contributed by atoms with Crippen molar-refractivity contribution in [2.45, 2.75) is 25.4 Å². The molecule has 8 nitrogen and oxygen atoms in total. The molecule has 0 aliphatic heterocycles. The zero-order valence-electron chi connectivity index (χ0n) is 13.3. The van der Waals surface area contributed by atoms with Crippen LogP contribution < -0.4 is 21.7 Å². The number of nitrogens with two attached hydrogens (primary N) is 1. The molecule has 0 amide bonds. The first-order valence-corrected chi connectivity index (χ1v) is 8.26. The quantitative estimate of drug-likeness (QED) is 0.336. The largest absolute Gasteiger partial charge is 0.618 e. The van der Waals surface area contributed by atoms with Gasteiger partial charge in [-0.05, 0) is 23.7 Å². The van der Waals surface area contributed by atoms with Gasteiger partial charge < -0.3 is 10.9 Å². The molecule has 0 fully saturated rings. The second-order valence-corrected chi connectivity index (χ2v) is 6.60. The van der Waals surface area contributed by atoms with Crippen molar-refractivity contribution in [3.05, 3.63) is 56.0 Å². The van der Waals surface area contributed by atoms with Crippen molar-refractivity contribution in [3.8, 4) is 0 Å². The van der Waals surface area contributed by atoms with E-state index in [1.54, 1.807) is 18.2 Å². The van der Waals surface area contributed by atoms with Crippen LogP contribution in [0.15, 0.2) is 39.0 Å². The number of hydrogen-bond acceptors (Lipinski definition) is 6. The Balaban J connectivity index is 2.31. The highest BCUT2D eigenvalue weighted by Gasteiger charge is 2.21. The lowest BCUT2D eigenvalue weighted by molar-refractivity contribution is -0.645. The summed E-state index contributed by atoms with van der Waals surface area (Å²) in [4.78, 5) is 38.3. The second kappa shape index (κ2) is 7.35.